The maximum absolute atomic E-state index is 11.5. The molecule has 0 N–H and O–H groups in total. The van der Waals surface area contributed by atoms with E-state index in [-0.39, 0.29) is 5.97 Å². The Labute approximate surface area is 80.4 Å². The van der Waals surface area contributed by atoms with Crippen molar-refractivity contribution in [2.24, 2.45) is 0 Å². The van der Waals surface area contributed by atoms with Crippen molar-refractivity contribution in [3.63, 3.8) is 0 Å². The first-order valence-electron chi connectivity index (χ1n) is 4.35. The molecular formula is C10H19NO2. The van der Waals surface area contributed by atoms with Gasteiger partial charge in [-0.2, -0.15) is 0 Å². The molecule has 0 aromatic rings. The smallest absolute Gasteiger partial charge is 0.325 e. The average Bonchev–Trinajstić information content (AvgIpc) is 2.12. The summed E-state index contributed by atoms with van der Waals surface area (Å²) in [4.78, 5) is 13.4. The lowest BCUT2D eigenvalue weighted by atomic mass is 9.94. The van der Waals surface area contributed by atoms with E-state index in [1.165, 1.54) is 7.11 Å². The van der Waals surface area contributed by atoms with Gasteiger partial charge < -0.3 is 4.74 Å². The number of allylic oxidation sites excluding steroid dienone is 1. The first-order valence-corrected chi connectivity index (χ1v) is 4.35. The summed E-state index contributed by atoms with van der Waals surface area (Å²) < 4.78 is 4.76. The molecule has 0 saturated carbocycles. The Morgan fingerprint density at radius 1 is 1.62 bits per heavy atom. The zero-order chi connectivity index (χ0) is 10.5. The average molecular weight is 185 g/mol. The van der Waals surface area contributed by atoms with Crippen LogP contribution in [0.2, 0.25) is 0 Å². The zero-order valence-corrected chi connectivity index (χ0v) is 8.96. The standard InChI is InChI=1S/C10H19NO2/c1-6-7-8-10(2,11(3)4)9(12)13-5/h6H,1,7-8H2,2-5H3. The summed E-state index contributed by atoms with van der Waals surface area (Å²) in [6.45, 7) is 5.51. The summed E-state index contributed by atoms with van der Waals surface area (Å²) >= 11 is 0. The van der Waals surface area contributed by atoms with Crippen LogP contribution in [0.4, 0.5) is 0 Å². The van der Waals surface area contributed by atoms with Crippen LogP contribution in [-0.4, -0.2) is 37.6 Å². The lowest BCUT2D eigenvalue weighted by Crippen LogP contribution is -2.49. The molecule has 0 amide bonds. The lowest BCUT2D eigenvalue weighted by molar-refractivity contribution is -0.153. The second-order valence-corrected chi connectivity index (χ2v) is 3.49. The van der Waals surface area contributed by atoms with E-state index in [1.807, 2.05) is 32.0 Å². The van der Waals surface area contributed by atoms with E-state index in [0.29, 0.717) is 0 Å². The molecule has 0 fully saturated rings. The molecule has 0 spiro atoms. The second kappa shape index (κ2) is 5.02. The molecule has 0 bridgehead atoms. The minimum atomic E-state index is -0.539. The first kappa shape index (κ1) is 12.2. The van der Waals surface area contributed by atoms with Crippen LogP contribution in [0.15, 0.2) is 12.7 Å². The fourth-order valence-corrected chi connectivity index (χ4v) is 1.11. The molecule has 0 saturated heterocycles. The molecule has 13 heavy (non-hydrogen) atoms. The van der Waals surface area contributed by atoms with Gasteiger partial charge in [-0.05, 0) is 33.9 Å². The van der Waals surface area contributed by atoms with Gasteiger partial charge in [0.1, 0.15) is 5.54 Å². The molecule has 0 heterocycles. The molecule has 3 heteroatoms. The van der Waals surface area contributed by atoms with E-state index in [1.54, 1.807) is 0 Å². The van der Waals surface area contributed by atoms with E-state index in [4.69, 9.17) is 4.74 Å². The van der Waals surface area contributed by atoms with Crippen LogP contribution in [0.25, 0.3) is 0 Å². The highest BCUT2D eigenvalue weighted by Gasteiger charge is 2.35. The summed E-state index contributed by atoms with van der Waals surface area (Å²) in [6.07, 6.45) is 3.35. The van der Waals surface area contributed by atoms with E-state index in [9.17, 15) is 4.79 Å². The Kier molecular flexibility index (Phi) is 4.70. The Bertz CT molecular complexity index is 189. The number of carbonyl (C=O) groups is 1. The van der Waals surface area contributed by atoms with Gasteiger partial charge in [0, 0.05) is 0 Å². The van der Waals surface area contributed by atoms with Crippen molar-refractivity contribution < 1.29 is 9.53 Å². The number of rotatable bonds is 5. The second-order valence-electron chi connectivity index (χ2n) is 3.49. The van der Waals surface area contributed by atoms with E-state index >= 15 is 0 Å². The Morgan fingerprint density at radius 3 is 2.46 bits per heavy atom. The van der Waals surface area contributed by atoms with Crippen LogP contribution in [0.1, 0.15) is 19.8 Å². The Balaban J connectivity index is 4.51. The minimum Gasteiger partial charge on any atom is -0.468 e. The van der Waals surface area contributed by atoms with E-state index < -0.39 is 5.54 Å². The maximum atomic E-state index is 11.5. The highest BCUT2D eigenvalue weighted by molar-refractivity contribution is 5.80. The number of ether oxygens (including phenoxy) is 1. The lowest BCUT2D eigenvalue weighted by Gasteiger charge is -2.33. The number of hydrogen-bond acceptors (Lipinski definition) is 3. The van der Waals surface area contributed by atoms with Gasteiger partial charge in [-0.25, -0.2) is 0 Å². The van der Waals surface area contributed by atoms with Gasteiger partial charge in [-0.3, -0.25) is 9.69 Å². The summed E-state index contributed by atoms with van der Waals surface area (Å²) in [5.74, 6) is -0.195. The van der Waals surface area contributed by atoms with E-state index in [0.717, 1.165) is 12.8 Å². The van der Waals surface area contributed by atoms with Crippen molar-refractivity contribution >= 4 is 5.97 Å². The van der Waals surface area contributed by atoms with Crippen molar-refractivity contribution in [2.75, 3.05) is 21.2 Å². The zero-order valence-electron chi connectivity index (χ0n) is 8.96. The molecule has 1 atom stereocenters. The van der Waals surface area contributed by atoms with Gasteiger partial charge in [0.15, 0.2) is 0 Å². The Hall–Kier alpha value is -0.830. The maximum Gasteiger partial charge on any atom is 0.325 e. The van der Waals surface area contributed by atoms with Crippen LogP contribution in [0.3, 0.4) is 0 Å². The topological polar surface area (TPSA) is 29.5 Å². The highest BCUT2D eigenvalue weighted by Crippen LogP contribution is 2.20. The van der Waals surface area contributed by atoms with Gasteiger partial charge >= 0.3 is 5.97 Å². The normalized spacial score (nSPS) is 15.2. The molecular weight excluding hydrogens is 166 g/mol. The molecule has 0 rings (SSSR count). The van der Waals surface area contributed by atoms with Crippen LogP contribution >= 0.6 is 0 Å². The van der Waals surface area contributed by atoms with Crippen LogP contribution in [0.5, 0.6) is 0 Å². The number of esters is 1. The summed E-state index contributed by atoms with van der Waals surface area (Å²) in [6, 6.07) is 0. The predicted octanol–water partition coefficient (Wildman–Crippen LogP) is 1.45. The highest BCUT2D eigenvalue weighted by atomic mass is 16.5. The van der Waals surface area contributed by atoms with Gasteiger partial charge in [0.2, 0.25) is 0 Å². The number of nitrogens with zero attached hydrogens (tertiary/aromatic N) is 1. The molecule has 0 aliphatic carbocycles. The van der Waals surface area contributed by atoms with Crippen molar-refractivity contribution in [1.82, 2.24) is 4.90 Å². The summed E-state index contributed by atoms with van der Waals surface area (Å²) in [7, 11) is 5.16. The largest absolute Gasteiger partial charge is 0.468 e. The number of likely N-dealkylation sites (N-methyl/N-ethyl adjacent to an activating group) is 1. The van der Waals surface area contributed by atoms with Gasteiger partial charge in [-0.15, -0.1) is 6.58 Å². The van der Waals surface area contributed by atoms with Gasteiger partial charge in [0.05, 0.1) is 7.11 Å². The van der Waals surface area contributed by atoms with Crippen LogP contribution in [-0.2, 0) is 9.53 Å². The van der Waals surface area contributed by atoms with Crippen LogP contribution < -0.4 is 0 Å². The van der Waals surface area contributed by atoms with Gasteiger partial charge in [-0.1, -0.05) is 6.08 Å². The molecule has 0 aliphatic rings. The third-order valence-electron chi connectivity index (χ3n) is 2.45. The van der Waals surface area contributed by atoms with E-state index in [2.05, 4.69) is 6.58 Å². The van der Waals surface area contributed by atoms with Crippen molar-refractivity contribution in [3.8, 4) is 0 Å². The molecule has 1 unspecified atom stereocenters. The molecule has 76 valence electrons. The monoisotopic (exact) mass is 185 g/mol. The van der Waals surface area contributed by atoms with Crippen LogP contribution in [0, 0.1) is 0 Å². The fourth-order valence-electron chi connectivity index (χ4n) is 1.11. The van der Waals surface area contributed by atoms with Crippen molar-refractivity contribution in [2.45, 2.75) is 25.3 Å². The third kappa shape index (κ3) is 2.84. The number of carbonyl (C=O) groups excluding carboxylic acids is 1. The SMILES string of the molecule is C=CCCC(C)(C(=O)OC)N(C)C. The Morgan fingerprint density at radius 2 is 2.15 bits per heavy atom. The molecule has 3 nitrogen and oxygen atoms in total. The van der Waals surface area contributed by atoms with Crippen molar-refractivity contribution in [1.29, 1.82) is 0 Å². The van der Waals surface area contributed by atoms with Gasteiger partial charge in [0.25, 0.3) is 0 Å². The summed E-state index contributed by atoms with van der Waals surface area (Å²) in [5.41, 5.74) is -0.539. The number of methoxy groups -OCH3 is 1. The summed E-state index contributed by atoms with van der Waals surface area (Å²) in [5, 5.41) is 0. The predicted molar refractivity (Wildman–Crippen MR) is 53.5 cm³/mol. The molecule has 0 aromatic carbocycles. The number of hydrogen-bond donors (Lipinski definition) is 0. The fraction of sp³-hybridized carbons (Fsp3) is 0.700. The third-order valence-corrected chi connectivity index (χ3v) is 2.45. The minimum absolute atomic E-state index is 0.195. The molecule has 0 radical (unpaired) electrons. The quantitative estimate of drug-likeness (QED) is 0.479. The molecule has 0 aromatic heterocycles. The molecule has 0 aliphatic heterocycles. The van der Waals surface area contributed by atoms with Crippen molar-refractivity contribution in [3.05, 3.63) is 12.7 Å². The first-order chi connectivity index (χ1) is 5.99.